The zero-order valence-electron chi connectivity index (χ0n) is 7.97. The highest BCUT2D eigenvalue weighted by atomic mass is 16.5. The van der Waals surface area contributed by atoms with Gasteiger partial charge in [0.2, 0.25) is 0 Å². The minimum absolute atomic E-state index is 0.135. The topological polar surface area (TPSA) is 55.5 Å². The molecule has 0 heterocycles. The Kier molecular flexibility index (Phi) is 2.70. The number of aliphatic hydroxyl groups is 1. The molecule has 76 valence electrons. The van der Waals surface area contributed by atoms with Crippen LogP contribution in [0.2, 0.25) is 0 Å². The maximum Gasteiger partial charge on any atom is 0.126 e. The molecule has 0 unspecified atom stereocenters. The summed E-state index contributed by atoms with van der Waals surface area (Å²) in [6, 6.07) is 9.40. The molecule has 14 heavy (non-hydrogen) atoms. The van der Waals surface area contributed by atoms with Crippen molar-refractivity contribution >= 4 is 0 Å². The molecule has 1 aliphatic rings. The summed E-state index contributed by atoms with van der Waals surface area (Å²) in [4.78, 5) is 0. The van der Waals surface area contributed by atoms with Crippen molar-refractivity contribution in [2.24, 2.45) is 5.73 Å². The largest absolute Gasteiger partial charge is 0.488 e. The van der Waals surface area contributed by atoms with Crippen LogP contribution < -0.4 is 10.5 Å². The number of ether oxygens (including phenoxy) is 1. The van der Waals surface area contributed by atoms with Gasteiger partial charge in [-0.2, -0.15) is 0 Å². The van der Waals surface area contributed by atoms with Gasteiger partial charge in [0.25, 0.3) is 0 Å². The highest BCUT2D eigenvalue weighted by Gasteiger charge is 2.33. The average molecular weight is 193 g/mol. The Morgan fingerprint density at radius 2 is 1.93 bits per heavy atom. The van der Waals surface area contributed by atoms with E-state index < -0.39 is 6.10 Å². The summed E-state index contributed by atoms with van der Waals surface area (Å²) in [5.74, 6) is 0.797. The van der Waals surface area contributed by atoms with Gasteiger partial charge in [0, 0.05) is 6.04 Å². The first kappa shape index (κ1) is 9.49. The Morgan fingerprint density at radius 3 is 2.50 bits per heavy atom. The molecule has 1 saturated carbocycles. The van der Waals surface area contributed by atoms with Gasteiger partial charge in [0.05, 0.1) is 0 Å². The molecule has 1 aromatic carbocycles. The molecule has 0 aromatic heterocycles. The Bertz CT molecular complexity index is 289. The standard InChI is InChI=1S/C11H15NO2/c12-9-6-7-10(11(9)13)14-8-4-2-1-3-5-8/h1-5,9-11,13H,6-7,12H2/t9-,10-,11+/m1/s1. The second kappa shape index (κ2) is 3.98. The first-order valence-corrected chi connectivity index (χ1v) is 4.93. The van der Waals surface area contributed by atoms with Crippen LogP contribution >= 0.6 is 0 Å². The van der Waals surface area contributed by atoms with Crippen LogP contribution in [0.5, 0.6) is 5.75 Å². The van der Waals surface area contributed by atoms with Crippen molar-refractivity contribution in [3.05, 3.63) is 30.3 Å². The van der Waals surface area contributed by atoms with Gasteiger partial charge in [0.1, 0.15) is 18.0 Å². The molecule has 3 atom stereocenters. The number of nitrogens with two attached hydrogens (primary N) is 1. The molecule has 0 amide bonds. The third kappa shape index (κ3) is 1.89. The summed E-state index contributed by atoms with van der Waals surface area (Å²) in [6.07, 6.45) is 0.984. The van der Waals surface area contributed by atoms with Crippen LogP contribution in [-0.2, 0) is 0 Å². The molecule has 2 rings (SSSR count). The van der Waals surface area contributed by atoms with Gasteiger partial charge in [-0.1, -0.05) is 18.2 Å². The fourth-order valence-electron chi connectivity index (χ4n) is 1.78. The molecule has 0 bridgehead atoms. The van der Waals surface area contributed by atoms with Gasteiger partial charge < -0.3 is 15.6 Å². The van der Waals surface area contributed by atoms with E-state index >= 15 is 0 Å². The predicted octanol–water partition coefficient (Wildman–Crippen LogP) is 0.916. The van der Waals surface area contributed by atoms with Crippen LogP contribution in [0.3, 0.4) is 0 Å². The van der Waals surface area contributed by atoms with Gasteiger partial charge in [-0.05, 0) is 25.0 Å². The molecule has 1 aromatic rings. The lowest BCUT2D eigenvalue weighted by Crippen LogP contribution is -2.37. The van der Waals surface area contributed by atoms with Crippen molar-refractivity contribution in [3.63, 3.8) is 0 Å². The summed E-state index contributed by atoms with van der Waals surface area (Å²) >= 11 is 0. The van der Waals surface area contributed by atoms with E-state index in [9.17, 15) is 5.11 Å². The van der Waals surface area contributed by atoms with Crippen molar-refractivity contribution in [3.8, 4) is 5.75 Å². The molecular weight excluding hydrogens is 178 g/mol. The molecule has 1 fully saturated rings. The minimum atomic E-state index is -0.532. The van der Waals surface area contributed by atoms with Crippen molar-refractivity contribution in [2.45, 2.75) is 31.1 Å². The van der Waals surface area contributed by atoms with E-state index in [1.807, 2.05) is 30.3 Å². The highest BCUT2D eigenvalue weighted by Crippen LogP contribution is 2.23. The summed E-state index contributed by atoms with van der Waals surface area (Å²) in [6.45, 7) is 0. The summed E-state index contributed by atoms with van der Waals surface area (Å²) in [5, 5.41) is 9.67. The Labute approximate surface area is 83.5 Å². The van der Waals surface area contributed by atoms with E-state index in [2.05, 4.69) is 0 Å². The average Bonchev–Trinajstić information content (AvgIpc) is 2.52. The van der Waals surface area contributed by atoms with E-state index in [1.165, 1.54) is 0 Å². The lowest BCUT2D eigenvalue weighted by atomic mass is 10.2. The van der Waals surface area contributed by atoms with Crippen LogP contribution in [0.4, 0.5) is 0 Å². The van der Waals surface area contributed by atoms with Crippen LogP contribution in [0.1, 0.15) is 12.8 Å². The van der Waals surface area contributed by atoms with Crippen molar-refractivity contribution in [1.82, 2.24) is 0 Å². The fourth-order valence-corrected chi connectivity index (χ4v) is 1.78. The molecular formula is C11H15NO2. The lowest BCUT2D eigenvalue weighted by Gasteiger charge is -2.18. The number of hydrogen-bond acceptors (Lipinski definition) is 3. The normalized spacial score (nSPS) is 31.7. The van der Waals surface area contributed by atoms with Gasteiger partial charge in [-0.25, -0.2) is 0 Å². The van der Waals surface area contributed by atoms with Crippen molar-refractivity contribution < 1.29 is 9.84 Å². The van der Waals surface area contributed by atoms with Crippen LogP contribution in [-0.4, -0.2) is 23.4 Å². The summed E-state index contributed by atoms with van der Waals surface area (Å²) < 4.78 is 5.63. The van der Waals surface area contributed by atoms with Gasteiger partial charge >= 0.3 is 0 Å². The Balaban J connectivity index is 1.99. The number of rotatable bonds is 2. The van der Waals surface area contributed by atoms with Crippen molar-refractivity contribution in [1.29, 1.82) is 0 Å². The number of benzene rings is 1. The van der Waals surface area contributed by atoms with Crippen molar-refractivity contribution in [2.75, 3.05) is 0 Å². The third-order valence-corrected chi connectivity index (χ3v) is 2.63. The Morgan fingerprint density at radius 1 is 1.21 bits per heavy atom. The van der Waals surface area contributed by atoms with Gasteiger partial charge in [-0.15, -0.1) is 0 Å². The van der Waals surface area contributed by atoms with E-state index in [1.54, 1.807) is 0 Å². The molecule has 0 spiro atoms. The van der Waals surface area contributed by atoms with E-state index in [4.69, 9.17) is 10.5 Å². The molecule has 0 radical (unpaired) electrons. The molecule has 0 aliphatic heterocycles. The monoisotopic (exact) mass is 193 g/mol. The number of aliphatic hydroxyl groups excluding tert-OH is 1. The predicted molar refractivity (Wildman–Crippen MR) is 54.1 cm³/mol. The quantitative estimate of drug-likeness (QED) is 0.734. The van der Waals surface area contributed by atoms with Crippen LogP contribution in [0.15, 0.2) is 30.3 Å². The molecule has 3 heteroatoms. The summed E-state index contributed by atoms with van der Waals surface area (Å²) in [5.41, 5.74) is 5.69. The summed E-state index contributed by atoms with van der Waals surface area (Å²) in [7, 11) is 0. The highest BCUT2D eigenvalue weighted by molar-refractivity contribution is 5.21. The maximum atomic E-state index is 9.67. The van der Waals surface area contributed by atoms with E-state index in [-0.39, 0.29) is 12.1 Å². The second-order valence-corrected chi connectivity index (χ2v) is 3.70. The van der Waals surface area contributed by atoms with E-state index in [0.717, 1.165) is 18.6 Å². The number of para-hydroxylation sites is 1. The third-order valence-electron chi connectivity index (χ3n) is 2.63. The SMILES string of the molecule is N[C@@H]1CC[C@@H](Oc2ccccc2)[C@H]1O. The first-order valence-electron chi connectivity index (χ1n) is 4.93. The van der Waals surface area contributed by atoms with Crippen LogP contribution in [0.25, 0.3) is 0 Å². The fraction of sp³-hybridized carbons (Fsp3) is 0.455. The molecule has 1 aliphatic carbocycles. The smallest absolute Gasteiger partial charge is 0.126 e. The lowest BCUT2D eigenvalue weighted by molar-refractivity contribution is 0.0521. The molecule has 3 N–H and O–H groups in total. The zero-order chi connectivity index (χ0) is 9.97. The zero-order valence-corrected chi connectivity index (χ0v) is 7.97. The first-order chi connectivity index (χ1) is 6.77. The maximum absolute atomic E-state index is 9.67. The van der Waals surface area contributed by atoms with Crippen LogP contribution in [0, 0.1) is 0 Å². The number of hydrogen-bond donors (Lipinski definition) is 2. The van der Waals surface area contributed by atoms with Gasteiger partial charge in [-0.3, -0.25) is 0 Å². The Hall–Kier alpha value is -1.06. The second-order valence-electron chi connectivity index (χ2n) is 3.70. The van der Waals surface area contributed by atoms with E-state index in [0.29, 0.717) is 0 Å². The van der Waals surface area contributed by atoms with Gasteiger partial charge in [0.15, 0.2) is 0 Å². The molecule has 3 nitrogen and oxygen atoms in total. The minimum Gasteiger partial charge on any atom is -0.488 e. The molecule has 0 saturated heterocycles.